The highest BCUT2D eigenvalue weighted by Crippen LogP contribution is 2.15. The Bertz CT molecular complexity index is 603. The quantitative estimate of drug-likeness (QED) is 0.775. The summed E-state index contributed by atoms with van der Waals surface area (Å²) in [5.74, 6) is 0.845. The average Bonchev–Trinajstić information content (AvgIpc) is 2.43. The van der Waals surface area contributed by atoms with Crippen molar-refractivity contribution in [2.24, 2.45) is 0 Å². The zero-order chi connectivity index (χ0) is 14.5. The van der Waals surface area contributed by atoms with Gasteiger partial charge in [-0.3, -0.25) is 9.97 Å². The SMILES string of the molecule is C=CCc1ccc(OCc2nc(C)c(C)nc2C)cc1. The molecule has 0 unspecified atom stereocenters. The molecule has 0 bridgehead atoms. The molecule has 1 heterocycles. The molecule has 0 spiro atoms. The maximum absolute atomic E-state index is 5.77. The fourth-order valence-corrected chi connectivity index (χ4v) is 1.94. The van der Waals surface area contributed by atoms with E-state index in [1.165, 1.54) is 5.56 Å². The van der Waals surface area contributed by atoms with Gasteiger partial charge in [-0.05, 0) is 44.9 Å². The molecule has 0 fully saturated rings. The van der Waals surface area contributed by atoms with E-state index in [-0.39, 0.29) is 0 Å². The zero-order valence-electron chi connectivity index (χ0n) is 12.3. The molecule has 2 rings (SSSR count). The van der Waals surface area contributed by atoms with Gasteiger partial charge in [0.1, 0.15) is 12.4 Å². The van der Waals surface area contributed by atoms with E-state index in [4.69, 9.17) is 4.74 Å². The lowest BCUT2D eigenvalue weighted by Gasteiger charge is -2.10. The molecule has 0 atom stereocenters. The molecule has 3 heteroatoms. The minimum atomic E-state index is 0.445. The third kappa shape index (κ3) is 3.44. The summed E-state index contributed by atoms with van der Waals surface area (Å²) in [5, 5.41) is 0. The first-order valence-corrected chi connectivity index (χ1v) is 6.73. The van der Waals surface area contributed by atoms with Gasteiger partial charge in [-0.15, -0.1) is 6.58 Å². The van der Waals surface area contributed by atoms with Crippen molar-refractivity contribution in [2.45, 2.75) is 33.8 Å². The number of benzene rings is 1. The van der Waals surface area contributed by atoms with E-state index in [1.54, 1.807) is 0 Å². The Kier molecular flexibility index (Phi) is 4.51. The average molecular weight is 268 g/mol. The van der Waals surface area contributed by atoms with Gasteiger partial charge in [0.25, 0.3) is 0 Å². The van der Waals surface area contributed by atoms with E-state index >= 15 is 0 Å². The summed E-state index contributed by atoms with van der Waals surface area (Å²) in [6.07, 6.45) is 2.77. The first-order chi connectivity index (χ1) is 9.60. The van der Waals surface area contributed by atoms with Gasteiger partial charge >= 0.3 is 0 Å². The van der Waals surface area contributed by atoms with Gasteiger partial charge in [0.05, 0.1) is 22.8 Å². The molecule has 1 aromatic carbocycles. The molecule has 0 aliphatic rings. The Morgan fingerprint density at radius 2 is 1.65 bits per heavy atom. The van der Waals surface area contributed by atoms with E-state index < -0.39 is 0 Å². The van der Waals surface area contributed by atoms with Crippen molar-refractivity contribution in [3.63, 3.8) is 0 Å². The summed E-state index contributed by atoms with van der Waals surface area (Å²) in [7, 11) is 0. The third-order valence-electron chi connectivity index (χ3n) is 3.26. The number of hydrogen-bond acceptors (Lipinski definition) is 3. The second kappa shape index (κ2) is 6.33. The Hall–Kier alpha value is -2.16. The van der Waals surface area contributed by atoms with E-state index in [0.29, 0.717) is 6.61 Å². The lowest BCUT2D eigenvalue weighted by Crippen LogP contribution is -2.06. The van der Waals surface area contributed by atoms with Gasteiger partial charge < -0.3 is 4.74 Å². The summed E-state index contributed by atoms with van der Waals surface area (Å²) in [5.41, 5.74) is 4.98. The second-order valence-corrected chi connectivity index (χ2v) is 4.85. The van der Waals surface area contributed by atoms with Crippen LogP contribution in [0.1, 0.15) is 28.3 Å². The van der Waals surface area contributed by atoms with E-state index in [9.17, 15) is 0 Å². The van der Waals surface area contributed by atoms with Crippen LogP contribution in [0.15, 0.2) is 36.9 Å². The molecule has 0 aliphatic carbocycles. The number of aryl methyl sites for hydroxylation is 3. The minimum Gasteiger partial charge on any atom is -0.487 e. The summed E-state index contributed by atoms with van der Waals surface area (Å²) in [6, 6.07) is 8.05. The first-order valence-electron chi connectivity index (χ1n) is 6.73. The largest absolute Gasteiger partial charge is 0.487 e. The second-order valence-electron chi connectivity index (χ2n) is 4.85. The van der Waals surface area contributed by atoms with E-state index in [2.05, 4.69) is 28.7 Å². The molecule has 0 amide bonds. The zero-order valence-corrected chi connectivity index (χ0v) is 12.3. The van der Waals surface area contributed by atoms with Gasteiger partial charge in [-0.2, -0.15) is 0 Å². The maximum atomic E-state index is 5.77. The first kappa shape index (κ1) is 14.3. The maximum Gasteiger partial charge on any atom is 0.132 e. The highest BCUT2D eigenvalue weighted by atomic mass is 16.5. The van der Waals surface area contributed by atoms with Gasteiger partial charge in [-0.25, -0.2) is 0 Å². The summed E-state index contributed by atoms with van der Waals surface area (Å²) in [4.78, 5) is 9.00. The van der Waals surface area contributed by atoms with Crippen LogP contribution in [0.2, 0.25) is 0 Å². The topological polar surface area (TPSA) is 35.0 Å². The van der Waals surface area contributed by atoms with Crippen LogP contribution in [-0.2, 0) is 13.0 Å². The number of ether oxygens (including phenoxy) is 1. The van der Waals surface area contributed by atoms with E-state index in [0.717, 1.165) is 34.9 Å². The van der Waals surface area contributed by atoms with Gasteiger partial charge in [-0.1, -0.05) is 18.2 Å². The van der Waals surface area contributed by atoms with E-state index in [1.807, 2.05) is 39.0 Å². The molecule has 104 valence electrons. The van der Waals surface area contributed by atoms with Crippen LogP contribution in [0.5, 0.6) is 5.75 Å². The van der Waals surface area contributed by atoms with Crippen LogP contribution >= 0.6 is 0 Å². The number of nitrogens with zero attached hydrogens (tertiary/aromatic N) is 2. The molecule has 0 N–H and O–H groups in total. The van der Waals surface area contributed by atoms with Crippen LogP contribution in [-0.4, -0.2) is 9.97 Å². The number of hydrogen-bond donors (Lipinski definition) is 0. The van der Waals surface area contributed by atoms with Crippen LogP contribution in [0.4, 0.5) is 0 Å². The Morgan fingerprint density at radius 1 is 1.00 bits per heavy atom. The fourth-order valence-electron chi connectivity index (χ4n) is 1.94. The molecule has 3 nitrogen and oxygen atoms in total. The van der Waals surface area contributed by atoms with Gasteiger partial charge in [0, 0.05) is 0 Å². The van der Waals surface area contributed by atoms with Crippen molar-refractivity contribution in [1.82, 2.24) is 9.97 Å². The van der Waals surface area contributed by atoms with Crippen molar-refractivity contribution < 1.29 is 4.74 Å². The number of rotatable bonds is 5. The summed E-state index contributed by atoms with van der Waals surface area (Å²) in [6.45, 7) is 10.1. The lowest BCUT2D eigenvalue weighted by molar-refractivity contribution is 0.299. The van der Waals surface area contributed by atoms with Crippen molar-refractivity contribution in [3.05, 3.63) is 65.3 Å². The summed E-state index contributed by atoms with van der Waals surface area (Å²) < 4.78 is 5.77. The molecule has 2 aromatic rings. The van der Waals surface area contributed by atoms with Crippen molar-refractivity contribution in [2.75, 3.05) is 0 Å². The molecule has 20 heavy (non-hydrogen) atoms. The van der Waals surface area contributed by atoms with Gasteiger partial charge in [0.15, 0.2) is 0 Å². The number of aromatic nitrogens is 2. The summed E-state index contributed by atoms with van der Waals surface area (Å²) >= 11 is 0. The predicted octanol–water partition coefficient (Wildman–Crippen LogP) is 3.71. The molecule has 0 saturated carbocycles. The Balaban J connectivity index is 2.05. The molecule has 0 radical (unpaired) electrons. The van der Waals surface area contributed by atoms with Crippen molar-refractivity contribution in [3.8, 4) is 5.75 Å². The monoisotopic (exact) mass is 268 g/mol. The highest BCUT2D eigenvalue weighted by Gasteiger charge is 2.06. The van der Waals surface area contributed by atoms with Crippen LogP contribution < -0.4 is 4.74 Å². The molecular weight excluding hydrogens is 248 g/mol. The number of allylic oxidation sites excluding steroid dienone is 1. The standard InChI is InChI=1S/C17H20N2O/c1-5-6-15-7-9-16(10-8-15)20-11-17-14(4)18-12(2)13(3)19-17/h5,7-10H,1,6,11H2,2-4H3. The third-order valence-corrected chi connectivity index (χ3v) is 3.26. The fraction of sp³-hybridized carbons (Fsp3) is 0.294. The molecular formula is C17H20N2O. The van der Waals surface area contributed by atoms with Crippen LogP contribution in [0.3, 0.4) is 0 Å². The smallest absolute Gasteiger partial charge is 0.132 e. The predicted molar refractivity (Wildman–Crippen MR) is 80.9 cm³/mol. The Labute approximate surface area is 120 Å². The molecule has 0 saturated heterocycles. The van der Waals surface area contributed by atoms with Crippen LogP contribution in [0.25, 0.3) is 0 Å². The normalized spacial score (nSPS) is 10.3. The molecule has 1 aromatic heterocycles. The van der Waals surface area contributed by atoms with Crippen molar-refractivity contribution >= 4 is 0 Å². The lowest BCUT2D eigenvalue weighted by atomic mass is 10.1. The van der Waals surface area contributed by atoms with Crippen LogP contribution in [0, 0.1) is 20.8 Å². The Morgan fingerprint density at radius 3 is 2.30 bits per heavy atom. The minimum absolute atomic E-state index is 0.445. The highest BCUT2D eigenvalue weighted by molar-refractivity contribution is 5.28. The van der Waals surface area contributed by atoms with Gasteiger partial charge in [0.2, 0.25) is 0 Å². The van der Waals surface area contributed by atoms with Crippen molar-refractivity contribution in [1.29, 1.82) is 0 Å². The molecule has 0 aliphatic heterocycles.